The molecule has 1 rings (SSSR count). The third kappa shape index (κ3) is 2.20. The van der Waals surface area contributed by atoms with E-state index in [2.05, 4.69) is 18.9 Å². The fourth-order valence-electron chi connectivity index (χ4n) is 1.98. The molecule has 72 valence electrons. The topological polar surface area (TPSA) is 29.3 Å². The average Bonchev–Trinajstić information content (AvgIpc) is 1.96. The van der Waals surface area contributed by atoms with E-state index in [1.807, 2.05) is 0 Å². The molecule has 1 aliphatic carbocycles. The van der Waals surface area contributed by atoms with Crippen LogP contribution in [0.1, 0.15) is 39.0 Å². The van der Waals surface area contributed by atoms with Gasteiger partial charge in [0.2, 0.25) is 0 Å². The SMILES string of the molecule is CCC(CCN)N(C)C1CCC1. The molecule has 0 aromatic carbocycles. The third-order valence-corrected chi connectivity index (χ3v) is 3.20. The van der Waals surface area contributed by atoms with E-state index < -0.39 is 0 Å². The zero-order valence-corrected chi connectivity index (χ0v) is 8.42. The maximum atomic E-state index is 5.58. The van der Waals surface area contributed by atoms with Gasteiger partial charge in [0.25, 0.3) is 0 Å². The molecule has 1 fully saturated rings. The lowest BCUT2D eigenvalue weighted by Gasteiger charge is -2.39. The van der Waals surface area contributed by atoms with Crippen LogP contribution in [0, 0.1) is 0 Å². The molecule has 1 unspecified atom stereocenters. The Hall–Kier alpha value is -0.0800. The van der Waals surface area contributed by atoms with Crippen molar-refractivity contribution in [3.63, 3.8) is 0 Å². The van der Waals surface area contributed by atoms with Gasteiger partial charge in [-0.05, 0) is 39.3 Å². The summed E-state index contributed by atoms with van der Waals surface area (Å²) in [5, 5.41) is 0. The second-order valence-corrected chi connectivity index (χ2v) is 3.89. The fourth-order valence-corrected chi connectivity index (χ4v) is 1.98. The van der Waals surface area contributed by atoms with Crippen LogP contribution in [-0.4, -0.2) is 30.6 Å². The zero-order valence-electron chi connectivity index (χ0n) is 8.42. The summed E-state index contributed by atoms with van der Waals surface area (Å²) in [6.07, 6.45) is 6.62. The van der Waals surface area contributed by atoms with Crippen LogP contribution in [0.15, 0.2) is 0 Å². The molecule has 1 aliphatic rings. The molecule has 0 aliphatic heterocycles. The van der Waals surface area contributed by atoms with Crippen LogP contribution in [0.3, 0.4) is 0 Å². The van der Waals surface area contributed by atoms with Crippen LogP contribution in [0.4, 0.5) is 0 Å². The van der Waals surface area contributed by atoms with E-state index in [4.69, 9.17) is 5.73 Å². The molecule has 2 heteroatoms. The largest absolute Gasteiger partial charge is 0.330 e. The second kappa shape index (κ2) is 4.83. The molecule has 0 amide bonds. The minimum atomic E-state index is 0.722. The van der Waals surface area contributed by atoms with Crippen LogP contribution < -0.4 is 5.73 Å². The molecule has 0 radical (unpaired) electrons. The molecule has 0 aromatic heterocycles. The molecule has 2 N–H and O–H groups in total. The summed E-state index contributed by atoms with van der Waals surface area (Å²) in [6, 6.07) is 1.58. The van der Waals surface area contributed by atoms with E-state index in [-0.39, 0.29) is 0 Å². The second-order valence-electron chi connectivity index (χ2n) is 3.89. The van der Waals surface area contributed by atoms with Crippen molar-refractivity contribution in [2.24, 2.45) is 5.73 Å². The molecule has 1 saturated carbocycles. The van der Waals surface area contributed by atoms with Crippen molar-refractivity contribution in [1.82, 2.24) is 4.90 Å². The van der Waals surface area contributed by atoms with Crippen molar-refractivity contribution in [3.05, 3.63) is 0 Å². The number of nitrogens with zero attached hydrogens (tertiary/aromatic N) is 1. The van der Waals surface area contributed by atoms with Gasteiger partial charge in [0, 0.05) is 12.1 Å². The minimum absolute atomic E-state index is 0.722. The predicted molar refractivity (Wildman–Crippen MR) is 53.2 cm³/mol. The lowest BCUT2D eigenvalue weighted by molar-refractivity contribution is 0.103. The Labute approximate surface area is 76.1 Å². The molecule has 0 saturated heterocycles. The summed E-state index contributed by atoms with van der Waals surface area (Å²) >= 11 is 0. The summed E-state index contributed by atoms with van der Waals surface area (Å²) in [5.41, 5.74) is 5.58. The Balaban J connectivity index is 2.29. The molecule has 12 heavy (non-hydrogen) atoms. The van der Waals surface area contributed by atoms with Gasteiger partial charge in [-0.1, -0.05) is 13.3 Å². The first-order valence-electron chi connectivity index (χ1n) is 5.21. The van der Waals surface area contributed by atoms with Crippen LogP contribution in [0.5, 0.6) is 0 Å². The van der Waals surface area contributed by atoms with Crippen molar-refractivity contribution < 1.29 is 0 Å². The summed E-state index contributed by atoms with van der Waals surface area (Å²) in [7, 11) is 2.26. The van der Waals surface area contributed by atoms with E-state index in [0.29, 0.717) is 0 Å². The van der Waals surface area contributed by atoms with Gasteiger partial charge < -0.3 is 10.6 Å². The smallest absolute Gasteiger partial charge is 0.0104 e. The molecule has 1 atom stereocenters. The van der Waals surface area contributed by atoms with Gasteiger partial charge in [-0.25, -0.2) is 0 Å². The Bertz CT molecular complexity index is 121. The third-order valence-electron chi connectivity index (χ3n) is 3.20. The Kier molecular flexibility index (Phi) is 4.02. The maximum Gasteiger partial charge on any atom is 0.0104 e. The first-order chi connectivity index (χ1) is 5.79. The Morgan fingerprint density at radius 2 is 2.17 bits per heavy atom. The van der Waals surface area contributed by atoms with E-state index >= 15 is 0 Å². The highest BCUT2D eigenvalue weighted by Crippen LogP contribution is 2.26. The summed E-state index contributed by atoms with van der Waals surface area (Å²) in [4.78, 5) is 2.54. The number of hydrogen-bond donors (Lipinski definition) is 1. The lowest BCUT2D eigenvalue weighted by atomic mass is 9.90. The molecular weight excluding hydrogens is 148 g/mol. The number of hydrogen-bond acceptors (Lipinski definition) is 2. The number of rotatable bonds is 5. The standard InChI is InChI=1S/C10H22N2/c1-3-9(7-8-11)12(2)10-5-4-6-10/h9-10H,3-8,11H2,1-2H3. The Morgan fingerprint density at radius 1 is 1.50 bits per heavy atom. The van der Waals surface area contributed by atoms with E-state index in [1.165, 1.54) is 25.7 Å². The van der Waals surface area contributed by atoms with Gasteiger partial charge in [-0.15, -0.1) is 0 Å². The van der Waals surface area contributed by atoms with Crippen molar-refractivity contribution in [1.29, 1.82) is 0 Å². The van der Waals surface area contributed by atoms with E-state index in [0.717, 1.165) is 25.0 Å². The molecular formula is C10H22N2. The van der Waals surface area contributed by atoms with Gasteiger partial charge in [0.15, 0.2) is 0 Å². The molecule has 0 bridgehead atoms. The van der Waals surface area contributed by atoms with Crippen LogP contribution in [0.25, 0.3) is 0 Å². The molecule has 0 heterocycles. The van der Waals surface area contributed by atoms with Gasteiger partial charge in [0.05, 0.1) is 0 Å². The van der Waals surface area contributed by atoms with Crippen molar-refractivity contribution in [2.75, 3.05) is 13.6 Å². The molecule has 0 spiro atoms. The van der Waals surface area contributed by atoms with Gasteiger partial charge >= 0.3 is 0 Å². The first-order valence-corrected chi connectivity index (χ1v) is 5.21. The Morgan fingerprint density at radius 3 is 2.50 bits per heavy atom. The highest BCUT2D eigenvalue weighted by molar-refractivity contribution is 4.82. The normalized spacial score (nSPS) is 21.0. The average molecular weight is 170 g/mol. The van der Waals surface area contributed by atoms with Gasteiger partial charge in [0.1, 0.15) is 0 Å². The van der Waals surface area contributed by atoms with E-state index in [9.17, 15) is 0 Å². The molecule has 2 nitrogen and oxygen atoms in total. The summed E-state index contributed by atoms with van der Waals surface area (Å²) in [6.45, 7) is 3.09. The van der Waals surface area contributed by atoms with Crippen LogP contribution in [-0.2, 0) is 0 Å². The summed E-state index contributed by atoms with van der Waals surface area (Å²) in [5.74, 6) is 0. The van der Waals surface area contributed by atoms with Crippen molar-refractivity contribution in [3.8, 4) is 0 Å². The van der Waals surface area contributed by atoms with Crippen molar-refractivity contribution >= 4 is 0 Å². The maximum absolute atomic E-state index is 5.58. The predicted octanol–water partition coefficient (Wildman–Crippen LogP) is 1.60. The monoisotopic (exact) mass is 170 g/mol. The summed E-state index contributed by atoms with van der Waals surface area (Å²) < 4.78 is 0. The van der Waals surface area contributed by atoms with E-state index in [1.54, 1.807) is 0 Å². The van der Waals surface area contributed by atoms with Gasteiger partial charge in [-0.2, -0.15) is 0 Å². The highest BCUT2D eigenvalue weighted by atomic mass is 15.2. The fraction of sp³-hybridized carbons (Fsp3) is 1.00. The lowest BCUT2D eigenvalue weighted by Crippen LogP contribution is -2.44. The molecule has 0 aromatic rings. The zero-order chi connectivity index (χ0) is 8.97. The first kappa shape index (κ1) is 10.0. The quantitative estimate of drug-likeness (QED) is 0.679. The highest BCUT2D eigenvalue weighted by Gasteiger charge is 2.25. The van der Waals surface area contributed by atoms with Crippen LogP contribution in [0.2, 0.25) is 0 Å². The van der Waals surface area contributed by atoms with Crippen molar-refractivity contribution in [2.45, 2.75) is 51.1 Å². The van der Waals surface area contributed by atoms with Crippen LogP contribution >= 0.6 is 0 Å². The minimum Gasteiger partial charge on any atom is -0.330 e. The number of nitrogens with two attached hydrogens (primary N) is 1. The van der Waals surface area contributed by atoms with Gasteiger partial charge in [-0.3, -0.25) is 0 Å².